The van der Waals surface area contributed by atoms with Crippen LogP contribution in [0.2, 0.25) is 0 Å². The molecule has 19 atom stereocenters. The van der Waals surface area contributed by atoms with Crippen LogP contribution in [0.3, 0.4) is 0 Å². The number of nitrogens with two attached hydrogens (primary N) is 1. The van der Waals surface area contributed by atoms with E-state index in [1.807, 2.05) is 0 Å². The minimum absolute atomic E-state index is 0.00000319. The van der Waals surface area contributed by atoms with Crippen molar-refractivity contribution < 1.29 is 52.9 Å². The van der Waals surface area contributed by atoms with Crippen molar-refractivity contribution in [3.8, 4) is 0 Å². The molecule has 8 rings (SSSR count). The second-order valence-corrected chi connectivity index (χ2v) is 19.1. The van der Waals surface area contributed by atoms with Gasteiger partial charge >= 0.3 is 0 Å². The highest BCUT2D eigenvalue weighted by Gasteiger charge is 2.62. The van der Waals surface area contributed by atoms with Crippen LogP contribution in [-0.4, -0.2) is 131 Å². The Labute approximate surface area is 327 Å². The molecule has 8 saturated heterocycles. The first-order valence-corrected chi connectivity index (χ1v) is 21.8. The number of hydrogen-bond acceptors (Lipinski definition) is 12. The lowest BCUT2D eigenvalue weighted by molar-refractivity contribution is -0.274. The van der Waals surface area contributed by atoms with Gasteiger partial charge in [0, 0.05) is 58.1 Å². The Morgan fingerprint density at radius 1 is 0.887 bits per heavy atom. The maximum absolute atomic E-state index is 13.9. The van der Waals surface area contributed by atoms with Gasteiger partial charge in [0.15, 0.2) is 5.79 Å². The standard InChI is InChI=1S/C40H62INO11/c1-20-12-25-7-8-30-21(2)14-26(48-30)10-11-40-18-29(45)36(52-40)38-34(41)39(53-40)37-31(51-38)9-6-24(49-37)5-4-22(43)15-28-32(17-27(13-20)47-25)50-33(35(28)46-3)16-23(44)19-42/h20,23-39,44-45H,2,4-19,42H2,1,3H3/t20-,23+,24+,25+,26+,27+,28+,29-,30+,31+,32+,33-,34?,35-,36+,37+,38-,39-,40+/m1/s1. The molecule has 0 aromatic heterocycles. The number of hydrogen-bond donors (Lipinski definition) is 3. The number of Topliss-reactive ketones (excluding diaryl/α,β-unsaturated/α-hetero) is 1. The second-order valence-electron chi connectivity index (χ2n) is 17.6. The van der Waals surface area contributed by atoms with E-state index in [1.165, 1.54) is 0 Å². The Kier molecular flexibility index (Phi) is 12.3. The fraction of sp³-hybridized carbons (Fsp3) is 0.925. The van der Waals surface area contributed by atoms with Crippen LogP contribution in [0, 0.1) is 11.8 Å². The summed E-state index contributed by atoms with van der Waals surface area (Å²) in [4.78, 5) is 13.9. The summed E-state index contributed by atoms with van der Waals surface area (Å²) < 4.78 is 53.2. The summed E-state index contributed by atoms with van der Waals surface area (Å²) in [5.74, 6) is -0.435. The number of aliphatic hydroxyl groups excluding tert-OH is 2. The Morgan fingerprint density at radius 2 is 1.68 bits per heavy atom. The Bertz CT molecular complexity index is 1310. The fourth-order valence-electron chi connectivity index (χ4n) is 11.1. The van der Waals surface area contributed by atoms with Gasteiger partial charge in [0.25, 0.3) is 0 Å². The molecule has 4 N–H and O–H groups in total. The predicted octanol–water partition coefficient (Wildman–Crippen LogP) is 4.06. The molecule has 300 valence electrons. The second kappa shape index (κ2) is 16.5. The number of halogens is 1. The van der Waals surface area contributed by atoms with Crippen LogP contribution in [0.5, 0.6) is 0 Å². The highest BCUT2D eigenvalue weighted by atomic mass is 127. The fourth-order valence-corrected chi connectivity index (χ4v) is 12.2. The number of fused-ring (bicyclic) bond motifs is 9. The lowest BCUT2D eigenvalue weighted by Crippen LogP contribution is -2.63. The number of ether oxygens (including phenoxy) is 8. The van der Waals surface area contributed by atoms with Crippen LogP contribution in [-0.2, 0) is 42.7 Å². The number of ketones is 1. The maximum Gasteiger partial charge on any atom is 0.172 e. The van der Waals surface area contributed by atoms with Crippen LogP contribution >= 0.6 is 22.6 Å². The quantitative estimate of drug-likeness (QED) is 0.212. The van der Waals surface area contributed by atoms with Crippen LogP contribution in [0.4, 0.5) is 0 Å². The number of methoxy groups -OCH3 is 1. The van der Waals surface area contributed by atoms with E-state index in [-0.39, 0.29) is 95.4 Å². The molecule has 12 nitrogen and oxygen atoms in total. The van der Waals surface area contributed by atoms with E-state index >= 15 is 0 Å². The normalized spacial score (nSPS) is 51.2. The molecular formula is C40H62INO11. The van der Waals surface area contributed by atoms with E-state index in [0.717, 1.165) is 56.9 Å². The number of alkyl halides is 1. The van der Waals surface area contributed by atoms with Gasteiger partial charge in [0.1, 0.15) is 30.2 Å². The zero-order valence-electron chi connectivity index (χ0n) is 31.4. The Balaban J connectivity index is 1.04. The molecule has 13 heteroatoms. The van der Waals surface area contributed by atoms with Crippen molar-refractivity contribution in [3.05, 3.63) is 12.2 Å². The lowest BCUT2D eigenvalue weighted by Gasteiger charge is -2.49. The van der Waals surface area contributed by atoms with Gasteiger partial charge in [-0.25, -0.2) is 0 Å². The van der Waals surface area contributed by atoms with Gasteiger partial charge in [-0.3, -0.25) is 4.79 Å². The Hall–Kier alpha value is -0.300. The minimum atomic E-state index is -0.938. The number of aliphatic hydroxyl groups is 2. The van der Waals surface area contributed by atoms with E-state index in [1.54, 1.807) is 7.11 Å². The van der Waals surface area contributed by atoms with Crippen molar-refractivity contribution in [2.45, 2.75) is 205 Å². The molecule has 10 bridgehead atoms. The third-order valence-corrected chi connectivity index (χ3v) is 15.1. The van der Waals surface area contributed by atoms with Gasteiger partial charge in [-0.1, -0.05) is 36.1 Å². The first-order chi connectivity index (χ1) is 25.5. The zero-order chi connectivity index (χ0) is 37.0. The van der Waals surface area contributed by atoms with Gasteiger partial charge in [-0.05, 0) is 69.3 Å². The molecule has 0 amide bonds. The molecule has 8 heterocycles. The molecule has 1 spiro atoms. The summed E-state index contributed by atoms with van der Waals surface area (Å²) in [6.07, 6.45) is 6.44. The summed E-state index contributed by atoms with van der Waals surface area (Å²) in [6, 6.07) is 0. The summed E-state index contributed by atoms with van der Waals surface area (Å²) in [7, 11) is 1.67. The van der Waals surface area contributed by atoms with Gasteiger partial charge in [-0.2, -0.15) is 0 Å². The molecule has 0 aliphatic carbocycles. The van der Waals surface area contributed by atoms with E-state index in [9.17, 15) is 15.0 Å². The largest absolute Gasteiger partial charge is 0.392 e. The van der Waals surface area contributed by atoms with E-state index in [2.05, 4.69) is 36.1 Å². The molecular weight excluding hydrogens is 797 g/mol. The first-order valence-electron chi connectivity index (χ1n) is 20.6. The molecule has 0 aromatic carbocycles. The topological polar surface area (TPSA) is 157 Å². The smallest absolute Gasteiger partial charge is 0.172 e. The summed E-state index contributed by atoms with van der Waals surface area (Å²) >= 11 is 2.41. The summed E-state index contributed by atoms with van der Waals surface area (Å²) in [6.45, 7) is 6.86. The number of carbonyl (C=O) groups is 1. The highest BCUT2D eigenvalue weighted by Crippen LogP contribution is 2.50. The SMILES string of the molecule is C=C1C[C@@H]2CC[C@]34C[C@@H](O)[C@H](O3)[C@@H]3O[C@H]5CC[C@H](CCC(=O)C[C@@H]6[C@@H](OC)[C@@H](C[C@H](O)CN)O[C@H]6C[C@@H]6C[C@H](C)C[C@H](CC[C@@H]1O2)O6)O[C@@H]5[C@H](O4)C3I. The monoisotopic (exact) mass is 859 g/mol. The molecule has 0 aromatic rings. The van der Waals surface area contributed by atoms with Crippen LogP contribution in [0.15, 0.2) is 12.2 Å². The van der Waals surface area contributed by atoms with Crippen molar-refractivity contribution in [1.29, 1.82) is 0 Å². The summed E-state index contributed by atoms with van der Waals surface area (Å²) in [5, 5.41) is 21.7. The molecule has 1 unspecified atom stereocenters. The van der Waals surface area contributed by atoms with E-state index in [4.69, 9.17) is 43.6 Å². The van der Waals surface area contributed by atoms with E-state index < -0.39 is 24.1 Å². The van der Waals surface area contributed by atoms with Crippen LogP contribution in [0.1, 0.15) is 103 Å². The Morgan fingerprint density at radius 3 is 2.49 bits per heavy atom. The number of carbonyl (C=O) groups excluding carboxylic acids is 1. The number of rotatable bonds is 4. The van der Waals surface area contributed by atoms with Crippen LogP contribution < -0.4 is 5.73 Å². The molecule has 8 aliphatic heterocycles. The van der Waals surface area contributed by atoms with Gasteiger partial charge in [0.05, 0.1) is 71.1 Å². The molecule has 8 aliphatic rings. The van der Waals surface area contributed by atoms with Crippen LogP contribution in [0.25, 0.3) is 0 Å². The highest BCUT2D eigenvalue weighted by molar-refractivity contribution is 14.1. The average molecular weight is 860 g/mol. The van der Waals surface area contributed by atoms with Gasteiger partial charge in [-0.15, -0.1) is 0 Å². The first kappa shape index (κ1) is 39.5. The minimum Gasteiger partial charge on any atom is -0.392 e. The molecule has 0 radical (unpaired) electrons. The van der Waals surface area contributed by atoms with Crippen molar-refractivity contribution in [2.24, 2.45) is 17.6 Å². The zero-order valence-corrected chi connectivity index (χ0v) is 33.6. The lowest BCUT2D eigenvalue weighted by atomic mass is 9.83. The molecule has 0 saturated carbocycles. The average Bonchev–Trinajstić information content (AvgIpc) is 3.75. The molecule has 53 heavy (non-hydrogen) atoms. The maximum atomic E-state index is 13.9. The van der Waals surface area contributed by atoms with Crippen molar-refractivity contribution in [1.82, 2.24) is 0 Å². The van der Waals surface area contributed by atoms with Crippen molar-refractivity contribution in [3.63, 3.8) is 0 Å². The summed E-state index contributed by atoms with van der Waals surface area (Å²) in [5.41, 5.74) is 6.93. The van der Waals surface area contributed by atoms with Gasteiger partial charge in [0.2, 0.25) is 0 Å². The van der Waals surface area contributed by atoms with Gasteiger partial charge < -0.3 is 53.8 Å². The predicted molar refractivity (Wildman–Crippen MR) is 202 cm³/mol. The van der Waals surface area contributed by atoms with Crippen molar-refractivity contribution >= 4 is 28.4 Å². The third-order valence-electron chi connectivity index (χ3n) is 13.7. The molecule has 8 fully saturated rings. The van der Waals surface area contributed by atoms with Crippen molar-refractivity contribution in [2.75, 3.05) is 13.7 Å². The third kappa shape index (κ3) is 8.35. The van der Waals surface area contributed by atoms with E-state index in [0.29, 0.717) is 50.9 Å².